The molecule has 0 fully saturated rings. The SMILES string of the molecule is COc1cc2c(c3ccccc13)CCC(C)CC2Cl. The quantitative estimate of drug-likeness (QED) is 0.519. The summed E-state index contributed by atoms with van der Waals surface area (Å²) in [7, 11) is 1.73. The fourth-order valence-corrected chi connectivity index (χ4v) is 3.64. The number of fused-ring (bicyclic) bond motifs is 3. The van der Waals surface area contributed by atoms with E-state index in [1.807, 2.05) is 0 Å². The topological polar surface area (TPSA) is 9.23 Å². The van der Waals surface area contributed by atoms with Crippen LogP contribution >= 0.6 is 11.6 Å². The van der Waals surface area contributed by atoms with E-state index in [4.69, 9.17) is 16.3 Å². The maximum Gasteiger partial charge on any atom is 0.127 e. The Labute approximate surface area is 119 Å². The van der Waals surface area contributed by atoms with Crippen molar-refractivity contribution < 1.29 is 4.74 Å². The molecule has 1 aliphatic rings. The summed E-state index contributed by atoms with van der Waals surface area (Å²) in [5, 5.41) is 2.60. The molecule has 0 heterocycles. The van der Waals surface area contributed by atoms with Gasteiger partial charge in [-0.1, -0.05) is 31.2 Å². The van der Waals surface area contributed by atoms with Crippen LogP contribution in [0.2, 0.25) is 0 Å². The van der Waals surface area contributed by atoms with Gasteiger partial charge < -0.3 is 4.74 Å². The zero-order valence-corrected chi connectivity index (χ0v) is 12.2. The van der Waals surface area contributed by atoms with Crippen LogP contribution in [0.5, 0.6) is 5.75 Å². The van der Waals surface area contributed by atoms with E-state index in [0.717, 1.165) is 18.6 Å². The third-order valence-electron chi connectivity index (χ3n) is 4.21. The average Bonchev–Trinajstić information content (AvgIpc) is 2.57. The van der Waals surface area contributed by atoms with Gasteiger partial charge in [-0.2, -0.15) is 0 Å². The van der Waals surface area contributed by atoms with E-state index in [-0.39, 0.29) is 5.38 Å². The van der Waals surface area contributed by atoms with E-state index >= 15 is 0 Å². The fraction of sp³-hybridized carbons (Fsp3) is 0.412. The molecular formula is C17H19ClO. The first-order chi connectivity index (χ1) is 9.20. The highest BCUT2D eigenvalue weighted by Crippen LogP contribution is 2.42. The van der Waals surface area contributed by atoms with Crippen LogP contribution in [0.15, 0.2) is 30.3 Å². The fourth-order valence-electron chi connectivity index (χ4n) is 3.14. The van der Waals surface area contributed by atoms with Gasteiger partial charge in [0.05, 0.1) is 12.5 Å². The standard InChI is InChI=1S/C17H19ClO/c1-11-7-8-13-12-5-3-4-6-14(12)17(19-2)10-15(13)16(18)9-11/h3-6,10-11,16H,7-9H2,1-2H3. The first-order valence-corrected chi connectivity index (χ1v) is 7.37. The van der Waals surface area contributed by atoms with E-state index < -0.39 is 0 Å². The van der Waals surface area contributed by atoms with Gasteiger partial charge in [-0.15, -0.1) is 11.6 Å². The lowest BCUT2D eigenvalue weighted by atomic mass is 9.94. The number of methoxy groups -OCH3 is 1. The molecule has 0 radical (unpaired) electrons. The molecule has 0 saturated carbocycles. The lowest BCUT2D eigenvalue weighted by molar-refractivity contribution is 0.419. The third-order valence-corrected chi connectivity index (χ3v) is 4.62. The minimum atomic E-state index is 0.103. The number of halogens is 1. The van der Waals surface area contributed by atoms with Crippen molar-refractivity contribution in [1.82, 2.24) is 0 Å². The van der Waals surface area contributed by atoms with E-state index in [1.54, 1.807) is 7.11 Å². The van der Waals surface area contributed by atoms with Gasteiger partial charge in [-0.25, -0.2) is 0 Å². The molecule has 19 heavy (non-hydrogen) atoms. The summed E-state index contributed by atoms with van der Waals surface area (Å²) >= 11 is 6.62. The molecule has 0 saturated heterocycles. The molecule has 1 aliphatic carbocycles. The first-order valence-electron chi connectivity index (χ1n) is 6.93. The largest absolute Gasteiger partial charge is 0.496 e. The van der Waals surface area contributed by atoms with Crippen molar-refractivity contribution in [3.63, 3.8) is 0 Å². The van der Waals surface area contributed by atoms with Gasteiger partial charge in [0.25, 0.3) is 0 Å². The van der Waals surface area contributed by atoms with Crippen molar-refractivity contribution in [1.29, 1.82) is 0 Å². The first kappa shape index (κ1) is 12.8. The highest BCUT2D eigenvalue weighted by atomic mass is 35.5. The van der Waals surface area contributed by atoms with Gasteiger partial charge in [-0.05, 0) is 47.8 Å². The van der Waals surface area contributed by atoms with Crippen LogP contribution in [-0.2, 0) is 6.42 Å². The second kappa shape index (κ2) is 5.05. The summed E-state index contributed by atoms with van der Waals surface area (Å²) in [5.41, 5.74) is 2.68. The predicted octanol–water partition coefficient (Wildman–Crippen LogP) is 5.10. The van der Waals surface area contributed by atoms with Crippen molar-refractivity contribution in [3.05, 3.63) is 41.5 Å². The normalized spacial score (nSPS) is 22.9. The van der Waals surface area contributed by atoms with Crippen molar-refractivity contribution in [2.45, 2.75) is 31.6 Å². The number of hydrogen-bond donors (Lipinski definition) is 0. The molecule has 0 amide bonds. The third kappa shape index (κ3) is 2.21. The number of rotatable bonds is 1. The summed E-state index contributed by atoms with van der Waals surface area (Å²) in [6.45, 7) is 2.29. The Bertz CT molecular complexity index is 605. The number of aryl methyl sites for hydroxylation is 1. The molecule has 2 unspecified atom stereocenters. The van der Waals surface area contributed by atoms with Gasteiger partial charge in [0.2, 0.25) is 0 Å². The molecule has 0 aromatic heterocycles. The molecule has 0 N–H and O–H groups in total. The molecule has 0 aliphatic heterocycles. The Hall–Kier alpha value is -1.21. The van der Waals surface area contributed by atoms with Gasteiger partial charge in [0.15, 0.2) is 0 Å². The Morgan fingerprint density at radius 1 is 1.21 bits per heavy atom. The van der Waals surface area contributed by atoms with Crippen LogP contribution in [-0.4, -0.2) is 7.11 Å². The smallest absolute Gasteiger partial charge is 0.127 e. The molecular weight excluding hydrogens is 256 g/mol. The van der Waals surface area contributed by atoms with Crippen LogP contribution in [0.1, 0.15) is 36.3 Å². The van der Waals surface area contributed by atoms with Crippen LogP contribution in [0.3, 0.4) is 0 Å². The van der Waals surface area contributed by atoms with Gasteiger partial charge in [-0.3, -0.25) is 0 Å². The van der Waals surface area contributed by atoms with Crippen molar-refractivity contribution in [3.8, 4) is 5.75 Å². The summed E-state index contributed by atoms with van der Waals surface area (Å²) in [6.07, 6.45) is 3.38. The summed E-state index contributed by atoms with van der Waals surface area (Å²) in [4.78, 5) is 0. The minimum absolute atomic E-state index is 0.103. The Balaban J connectivity index is 2.28. The monoisotopic (exact) mass is 274 g/mol. The summed E-state index contributed by atoms with van der Waals surface area (Å²) in [6, 6.07) is 10.6. The number of hydrogen-bond acceptors (Lipinski definition) is 1. The van der Waals surface area contributed by atoms with Crippen LogP contribution in [0.4, 0.5) is 0 Å². The number of benzene rings is 2. The molecule has 1 nitrogen and oxygen atoms in total. The maximum absolute atomic E-state index is 6.62. The molecule has 2 aromatic carbocycles. The highest BCUT2D eigenvalue weighted by Gasteiger charge is 2.23. The van der Waals surface area contributed by atoms with Crippen LogP contribution in [0.25, 0.3) is 10.8 Å². The average molecular weight is 275 g/mol. The highest BCUT2D eigenvalue weighted by molar-refractivity contribution is 6.21. The summed E-state index contributed by atoms with van der Waals surface area (Å²) < 4.78 is 5.55. The van der Waals surface area contributed by atoms with E-state index in [9.17, 15) is 0 Å². The molecule has 2 heteroatoms. The zero-order chi connectivity index (χ0) is 13.4. The molecule has 2 atom stereocenters. The summed E-state index contributed by atoms with van der Waals surface area (Å²) in [5.74, 6) is 1.62. The maximum atomic E-state index is 6.62. The van der Waals surface area contributed by atoms with Crippen LogP contribution in [0, 0.1) is 5.92 Å². The minimum Gasteiger partial charge on any atom is -0.496 e. The second-order valence-corrected chi connectivity index (χ2v) is 6.07. The lowest BCUT2D eigenvalue weighted by Crippen LogP contribution is -1.98. The lowest BCUT2D eigenvalue weighted by Gasteiger charge is -2.16. The van der Waals surface area contributed by atoms with E-state index in [0.29, 0.717) is 5.92 Å². The number of ether oxygens (including phenoxy) is 1. The van der Waals surface area contributed by atoms with E-state index in [2.05, 4.69) is 37.3 Å². The van der Waals surface area contributed by atoms with Gasteiger partial charge in [0.1, 0.15) is 5.75 Å². The molecule has 100 valence electrons. The van der Waals surface area contributed by atoms with Gasteiger partial charge >= 0.3 is 0 Å². The van der Waals surface area contributed by atoms with E-state index in [1.165, 1.54) is 28.3 Å². The van der Waals surface area contributed by atoms with Gasteiger partial charge in [0, 0.05) is 5.39 Å². The molecule has 2 aromatic rings. The second-order valence-electron chi connectivity index (χ2n) is 5.54. The Morgan fingerprint density at radius 3 is 2.68 bits per heavy atom. The van der Waals surface area contributed by atoms with Crippen molar-refractivity contribution >= 4 is 22.4 Å². The van der Waals surface area contributed by atoms with Crippen molar-refractivity contribution in [2.75, 3.05) is 7.11 Å². The molecule has 3 rings (SSSR count). The number of alkyl halides is 1. The Morgan fingerprint density at radius 2 is 1.95 bits per heavy atom. The predicted molar refractivity (Wildman–Crippen MR) is 81.2 cm³/mol. The van der Waals surface area contributed by atoms with Crippen molar-refractivity contribution in [2.24, 2.45) is 5.92 Å². The Kier molecular flexibility index (Phi) is 3.40. The van der Waals surface area contributed by atoms with Crippen LogP contribution < -0.4 is 4.74 Å². The molecule has 0 bridgehead atoms. The molecule has 0 spiro atoms. The zero-order valence-electron chi connectivity index (χ0n) is 11.4.